The SMILES string of the molecule is CCCCOC(=O)COCC(=O)Oc1cc(C)ccc1C. The quantitative estimate of drug-likeness (QED) is 0.419. The zero-order valence-corrected chi connectivity index (χ0v) is 12.8. The second kappa shape index (κ2) is 9.13. The molecule has 0 aliphatic carbocycles. The first-order valence-corrected chi connectivity index (χ1v) is 7.04. The molecule has 0 bridgehead atoms. The maximum absolute atomic E-state index is 11.6. The van der Waals surface area contributed by atoms with Crippen LogP contribution in [-0.4, -0.2) is 31.8 Å². The van der Waals surface area contributed by atoms with Gasteiger partial charge in [-0.2, -0.15) is 0 Å². The number of ether oxygens (including phenoxy) is 3. The molecule has 0 radical (unpaired) electrons. The van der Waals surface area contributed by atoms with Crippen LogP contribution in [-0.2, 0) is 19.1 Å². The van der Waals surface area contributed by atoms with Gasteiger partial charge in [-0.25, -0.2) is 9.59 Å². The summed E-state index contributed by atoms with van der Waals surface area (Å²) in [5, 5.41) is 0. The van der Waals surface area contributed by atoms with Gasteiger partial charge in [0, 0.05) is 0 Å². The Morgan fingerprint density at radius 2 is 1.81 bits per heavy atom. The highest BCUT2D eigenvalue weighted by Gasteiger charge is 2.10. The van der Waals surface area contributed by atoms with Crippen molar-refractivity contribution in [1.29, 1.82) is 0 Å². The van der Waals surface area contributed by atoms with Crippen molar-refractivity contribution in [2.24, 2.45) is 0 Å². The summed E-state index contributed by atoms with van der Waals surface area (Å²) in [6.45, 7) is 5.63. The molecular formula is C16H22O5. The van der Waals surface area contributed by atoms with Crippen LogP contribution in [0.5, 0.6) is 5.75 Å². The van der Waals surface area contributed by atoms with Crippen LogP contribution in [0.25, 0.3) is 0 Å². The van der Waals surface area contributed by atoms with Gasteiger partial charge >= 0.3 is 11.9 Å². The summed E-state index contributed by atoms with van der Waals surface area (Å²) in [5.74, 6) is -0.498. The Labute approximate surface area is 125 Å². The van der Waals surface area contributed by atoms with Gasteiger partial charge in [0.15, 0.2) is 0 Å². The lowest BCUT2D eigenvalue weighted by atomic mass is 10.1. The first-order valence-electron chi connectivity index (χ1n) is 7.04. The van der Waals surface area contributed by atoms with Gasteiger partial charge in [-0.1, -0.05) is 25.5 Å². The predicted molar refractivity (Wildman–Crippen MR) is 78.2 cm³/mol. The van der Waals surface area contributed by atoms with Crippen LogP contribution >= 0.6 is 0 Å². The van der Waals surface area contributed by atoms with Gasteiger partial charge < -0.3 is 14.2 Å². The molecule has 0 aromatic heterocycles. The van der Waals surface area contributed by atoms with Crippen LogP contribution in [0.3, 0.4) is 0 Å². The predicted octanol–water partition coefficient (Wildman–Crippen LogP) is 2.57. The maximum atomic E-state index is 11.6. The van der Waals surface area contributed by atoms with Crippen LogP contribution in [0.4, 0.5) is 0 Å². The number of carbonyl (C=O) groups is 2. The summed E-state index contributed by atoms with van der Waals surface area (Å²) in [6, 6.07) is 5.60. The van der Waals surface area contributed by atoms with E-state index in [2.05, 4.69) is 0 Å². The lowest BCUT2D eigenvalue weighted by Gasteiger charge is -2.08. The summed E-state index contributed by atoms with van der Waals surface area (Å²) < 4.78 is 15.1. The molecule has 0 fully saturated rings. The molecule has 0 amide bonds. The number of hydrogen-bond acceptors (Lipinski definition) is 5. The van der Waals surface area contributed by atoms with Crippen molar-refractivity contribution in [3.05, 3.63) is 29.3 Å². The standard InChI is InChI=1S/C16H22O5/c1-4-5-8-20-15(17)10-19-11-16(18)21-14-9-12(2)6-7-13(14)3/h6-7,9H,4-5,8,10-11H2,1-3H3. The normalized spacial score (nSPS) is 10.2. The van der Waals surface area contributed by atoms with Crippen LogP contribution in [0.1, 0.15) is 30.9 Å². The molecule has 5 nitrogen and oxygen atoms in total. The Kier molecular flexibility index (Phi) is 7.46. The molecule has 0 heterocycles. The smallest absolute Gasteiger partial charge is 0.337 e. The first kappa shape index (κ1) is 17.2. The second-order valence-corrected chi connectivity index (χ2v) is 4.81. The fourth-order valence-electron chi connectivity index (χ4n) is 1.56. The minimum atomic E-state index is -0.537. The first-order chi connectivity index (χ1) is 10.0. The van der Waals surface area contributed by atoms with Crippen molar-refractivity contribution in [1.82, 2.24) is 0 Å². The zero-order chi connectivity index (χ0) is 15.7. The van der Waals surface area contributed by atoms with Gasteiger partial charge in [0.2, 0.25) is 0 Å². The van der Waals surface area contributed by atoms with Crippen molar-refractivity contribution in [3.8, 4) is 5.75 Å². The van der Waals surface area contributed by atoms with E-state index in [1.54, 1.807) is 6.07 Å². The van der Waals surface area contributed by atoms with Crippen LogP contribution in [0.2, 0.25) is 0 Å². The monoisotopic (exact) mass is 294 g/mol. The average Bonchev–Trinajstić information content (AvgIpc) is 2.43. The second-order valence-electron chi connectivity index (χ2n) is 4.81. The molecule has 1 aromatic rings. The van der Waals surface area contributed by atoms with E-state index in [9.17, 15) is 9.59 Å². The van der Waals surface area contributed by atoms with Gasteiger partial charge in [-0.05, 0) is 37.5 Å². The largest absolute Gasteiger partial charge is 0.464 e. The highest BCUT2D eigenvalue weighted by atomic mass is 16.6. The Morgan fingerprint density at radius 3 is 2.52 bits per heavy atom. The van der Waals surface area contributed by atoms with Crippen molar-refractivity contribution in [2.75, 3.05) is 19.8 Å². The summed E-state index contributed by atoms with van der Waals surface area (Å²) in [7, 11) is 0. The molecule has 0 unspecified atom stereocenters. The number of aryl methyl sites for hydroxylation is 2. The maximum Gasteiger partial charge on any atom is 0.337 e. The minimum absolute atomic E-state index is 0.244. The number of unbranched alkanes of at least 4 members (excludes halogenated alkanes) is 1. The third-order valence-electron chi connectivity index (χ3n) is 2.77. The number of hydrogen-bond donors (Lipinski definition) is 0. The topological polar surface area (TPSA) is 61.8 Å². The van der Waals surface area contributed by atoms with E-state index < -0.39 is 11.9 Å². The van der Waals surface area contributed by atoms with Crippen molar-refractivity contribution < 1.29 is 23.8 Å². The molecular weight excluding hydrogens is 272 g/mol. The Balaban J connectivity index is 2.28. The zero-order valence-electron chi connectivity index (χ0n) is 12.8. The molecule has 0 aliphatic rings. The van der Waals surface area contributed by atoms with E-state index in [1.807, 2.05) is 32.9 Å². The molecule has 5 heteroatoms. The highest BCUT2D eigenvalue weighted by molar-refractivity contribution is 5.75. The fourth-order valence-corrected chi connectivity index (χ4v) is 1.56. The number of rotatable bonds is 8. The van der Waals surface area contributed by atoms with E-state index >= 15 is 0 Å². The van der Waals surface area contributed by atoms with E-state index in [1.165, 1.54) is 0 Å². The third-order valence-corrected chi connectivity index (χ3v) is 2.77. The van der Waals surface area contributed by atoms with E-state index in [4.69, 9.17) is 14.2 Å². The number of esters is 2. The number of benzene rings is 1. The molecule has 1 aromatic carbocycles. The summed E-state index contributed by atoms with van der Waals surface area (Å²) in [4.78, 5) is 22.9. The molecule has 0 saturated carbocycles. The van der Waals surface area contributed by atoms with Crippen LogP contribution in [0.15, 0.2) is 18.2 Å². The molecule has 116 valence electrons. The van der Waals surface area contributed by atoms with Crippen molar-refractivity contribution >= 4 is 11.9 Å². The third kappa shape index (κ3) is 6.90. The molecule has 0 saturated heterocycles. The minimum Gasteiger partial charge on any atom is -0.464 e. The van der Waals surface area contributed by atoms with E-state index in [0.717, 1.165) is 24.0 Å². The summed E-state index contributed by atoms with van der Waals surface area (Å²) >= 11 is 0. The fraction of sp³-hybridized carbons (Fsp3) is 0.500. The molecule has 0 aliphatic heterocycles. The molecule has 0 spiro atoms. The van der Waals surface area contributed by atoms with Crippen LogP contribution < -0.4 is 4.74 Å². The summed E-state index contributed by atoms with van der Waals surface area (Å²) in [6.07, 6.45) is 1.77. The van der Waals surface area contributed by atoms with Crippen molar-refractivity contribution in [3.63, 3.8) is 0 Å². The summed E-state index contributed by atoms with van der Waals surface area (Å²) in [5.41, 5.74) is 1.87. The molecule has 0 atom stereocenters. The van der Waals surface area contributed by atoms with Gasteiger partial charge in [0.25, 0.3) is 0 Å². The van der Waals surface area contributed by atoms with Crippen molar-refractivity contribution in [2.45, 2.75) is 33.6 Å². The van der Waals surface area contributed by atoms with Gasteiger partial charge in [-0.3, -0.25) is 0 Å². The molecule has 0 N–H and O–H groups in total. The highest BCUT2D eigenvalue weighted by Crippen LogP contribution is 2.19. The Bertz CT molecular complexity index is 482. The Morgan fingerprint density at radius 1 is 1.10 bits per heavy atom. The lowest BCUT2D eigenvalue weighted by molar-refractivity contribution is -0.152. The van der Waals surface area contributed by atoms with E-state index in [0.29, 0.717) is 12.4 Å². The Hall–Kier alpha value is -1.88. The van der Waals surface area contributed by atoms with E-state index in [-0.39, 0.29) is 13.2 Å². The number of carbonyl (C=O) groups excluding carboxylic acids is 2. The molecule has 21 heavy (non-hydrogen) atoms. The average molecular weight is 294 g/mol. The lowest BCUT2D eigenvalue weighted by Crippen LogP contribution is -2.20. The van der Waals surface area contributed by atoms with Gasteiger partial charge in [-0.15, -0.1) is 0 Å². The van der Waals surface area contributed by atoms with Crippen LogP contribution in [0, 0.1) is 13.8 Å². The van der Waals surface area contributed by atoms with Gasteiger partial charge in [0.1, 0.15) is 19.0 Å². The van der Waals surface area contributed by atoms with Gasteiger partial charge in [0.05, 0.1) is 6.61 Å². The molecule has 1 rings (SSSR count).